The van der Waals surface area contributed by atoms with Crippen LogP contribution in [0.15, 0.2) is 77.7 Å². The van der Waals surface area contributed by atoms with Crippen LogP contribution in [0.3, 0.4) is 0 Å². The molecular formula is C27H26F4N2O3S. The Morgan fingerprint density at radius 2 is 1.57 bits per heavy atom. The van der Waals surface area contributed by atoms with E-state index >= 15 is 0 Å². The van der Waals surface area contributed by atoms with Gasteiger partial charge in [0.1, 0.15) is 11.9 Å². The van der Waals surface area contributed by atoms with Crippen LogP contribution in [-0.4, -0.2) is 31.2 Å². The molecule has 0 spiro atoms. The maximum absolute atomic E-state index is 13.3. The average molecular weight is 535 g/mol. The Labute approximate surface area is 213 Å². The second-order valence-corrected chi connectivity index (χ2v) is 11.4. The number of carbonyl (C=O) groups excluding carboxylic acids is 1. The summed E-state index contributed by atoms with van der Waals surface area (Å²) < 4.78 is 79.4. The van der Waals surface area contributed by atoms with Gasteiger partial charge in [-0.15, -0.1) is 0 Å². The molecule has 1 unspecified atom stereocenters. The summed E-state index contributed by atoms with van der Waals surface area (Å²) in [4.78, 5) is 13.2. The molecule has 1 aliphatic rings. The second kappa shape index (κ2) is 9.90. The lowest BCUT2D eigenvalue weighted by Gasteiger charge is -2.31. The molecule has 0 bridgehead atoms. The van der Waals surface area contributed by atoms with E-state index in [4.69, 9.17) is 0 Å². The lowest BCUT2D eigenvalue weighted by atomic mass is 9.90. The van der Waals surface area contributed by atoms with E-state index in [0.717, 1.165) is 28.6 Å². The van der Waals surface area contributed by atoms with Crippen molar-refractivity contribution < 1.29 is 30.8 Å². The fraction of sp³-hybridized carbons (Fsp3) is 0.296. The lowest BCUT2D eigenvalue weighted by Crippen LogP contribution is -2.51. The van der Waals surface area contributed by atoms with Crippen LogP contribution < -0.4 is 5.32 Å². The van der Waals surface area contributed by atoms with E-state index in [1.807, 2.05) is 0 Å². The van der Waals surface area contributed by atoms with Crippen LogP contribution in [0.25, 0.3) is 11.1 Å². The van der Waals surface area contributed by atoms with Crippen molar-refractivity contribution >= 4 is 15.9 Å². The van der Waals surface area contributed by atoms with Gasteiger partial charge in [0.25, 0.3) is 0 Å². The zero-order chi connectivity index (χ0) is 27.0. The highest BCUT2D eigenvalue weighted by molar-refractivity contribution is 7.89. The van der Waals surface area contributed by atoms with Crippen molar-refractivity contribution in [2.45, 2.75) is 49.3 Å². The molecule has 4 rings (SSSR count). The summed E-state index contributed by atoms with van der Waals surface area (Å²) in [5.74, 6) is -1.02. The molecule has 1 aliphatic heterocycles. The number of sulfonamides is 1. The summed E-state index contributed by atoms with van der Waals surface area (Å²) in [5.41, 5.74) is 0.313. The quantitative estimate of drug-likeness (QED) is 0.412. The molecule has 1 heterocycles. The van der Waals surface area contributed by atoms with Crippen LogP contribution in [0, 0.1) is 5.82 Å². The predicted octanol–water partition coefficient (Wildman–Crippen LogP) is 5.72. The Bertz CT molecular complexity index is 1390. The zero-order valence-corrected chi connectivity index (χ0v) is 21.0. The molecule has 3 aromatic rings. The van der Waals surface area contributed by atoms with Crippen molar-refractivity contribution in [2.75, 3.05) is 6.54 Å². The number of alkyl halides is 3. The van der Waals surface area contributed by atoms with Crippen molar-refractivity contribution in [3.63, 3.8) is 0 Å². The van der Waals surface area contributed by atoms with Gasteiger partial charge in [-0.2, -0.15) is 17.5 Å². The van der Waals surface area contributed by atoms with E-state index in [1.54, 1.807) is 38.1 Å². The molecule has 0 aromatic heterocycles. The molecule has 1 atom stereocenters. The molecule has 1 N–H and O–H groups in total. The summed E-state index contributed by atoms with van der Waals surface area (Å²) in [6.07, 6.45) is -3.58. The van der Waals surface area contributed by atoms with Crippen LogP contribution >= 0.6 is 0 Å². The summed E-state index contributed by atoms with van der Waals surface area (Å²) in [6.45, 7) is 3.71. The van der Waals surface area contributed by atoms with Gasteiger partial charge in [-0.1, -0.05) is 30.3 Å². The minimum Gasteiger partial charge on any atom is -0.346 e. The largest absolute Gasteiger partial charge is 0.416 e. The predicted molar refractivity (Wildman–Crippen MR) is 131 cm³/mol. The number of amides is 1. The summed E-state index contributed by atoms with van der Waals surface area (Å²) in [6, 6.07) is 15.5. The first-order valence-electron chi connectivity index (χ1n) is 11.7. The Morgan fingerprint density at radius 1 is 0.919 bits per heavy atom. The van der Waals surface area contributed by atoms with Crippen molar-refractivity contribution in [2.24, 2.45) is 0 Å². The topological polar surface area (TPSA) is 66.5 Å². The highest BCUT2D eigenvalue weighted by Gasteiger charge is 2.41. The SMILES string of the molecule is CC(C)(NC(=O)C1CCCN1S(=O)(=O)c1ccc(F)cc1)c1cccc(-c2ccc(C(F)(F)F)cc2)c1. The van der Waals surface area contributed by atoms with E-state index < -0.39 is 45.1 Å². The normalized spacial score (nSPS) is 17.1. The van der Waals surface area contributed by atoms with Crippen molar-refractivity contribution in [1.82, 2.24) is 9.62 Å². The smallest absolute Gasteiger partial charge is 0.346 e. The standard InChI is InChI=1S/C27H26F4N2O3S/c1-26(2,21-6-3-5-19(17-21)18-8-10-20(11-9-18)27(29,30)31)32-25(34)24-7-4-16-33(24)37(35,36)23-14-12-22(28)13-15-23/h3,5-6,8-15,17,24H,4,7,16H2,1-2H3,(H,32,34). The number of nitrogens with zero attached hydrogens (tertiary/aromatic N) is 1. The lowest BCUT2D eigenvalue weighted by molar-refractivity contribution is -0.137. The van der Waals surface area contributed by atoms with Gasteiger partial charge in [-0.3, -0.25) is 4.79 Å². The monoisotopic (exact) mass is 534 g/mol. The summed E-state index contributed by atoms with van der Waals surface area (Å²) in [5, 5.41) is 2.93. The zero-order valence-electron chi connectivity index (χ0n) is 20.2. The number of hydrogen-bond donors (Lipinski definition) is 1. The molecule has 0 aliphatic carbocycles. The van der Waals surface area contributed by atoms with Crippen molar-refractivity contribution in [1.29, 1.82) is 0 Å². The molecular weight excluding hydrogens is 508 g/mol. The molecule has 1 amide bonds. The molecule has 37 heavy (non-hydrogen) atoms. The van der Waals surface area contributed by atoms with E-state index in [1.165, 1.54) is 24.3 Å². The third-order valence-electron chi connectivity index (χ3n) is 6.49. The van der Waals surface area contributed by atoms with Gasteiger partial charge in [-0.25, -0.2) is 12.8 Å². The Hall–Kier alpha value is -3.24. The number of carbonyl (C=O) groups is 1. The Morgan fingerprint density at radius 3 is 2.19 bits per heavy atom. The van der Waals surface area contributed by atoms with Gasteiger partial charge >= 0.3 is 6.18 Å². The molecule has 5 nitrogen and oxygen atoms in total. The average Bonchev–Trinajstić information content (AvgIpc) is 3.35. The van der Waals surface area contributed by atoms with Crippen LogP contribution in [0.2, 0.25) is 0 Å². The van der Waals surface area contributed by atoms with E-state index in [-0.39, 0.29) is 11.4 Å². The molecule has 1 saturated heterocycles. The third-order valence-corrected chi connectivity index (χ3v) is 8.41. The maximum Gasteiger partial charge on any atom is 0.416 e. The first kappa shape index (κ1) is 26.8. The first-order valence-corrected chi connectivity index (χ1v) is 13.1. The molecule has 196 valence electrons. The Kier molecular flexibility index (Phi) is 7.18. The number of nitrogens with one attached hydrogen (secondary N) is 1. The van der Waals surface area contributed by atoms with Gasteiger partial charge < -0.3 is 5.32 Å². The van der Waals surface area contributed by atoms with Crippen LogP contribution in [0.5, 0.6) is 0 Å². The van der Waals surface area contributed by atoms with Crippen LogP contribution in [0.4, 0.5) is 17.6 Å². The first-order chi connectivity index (χ1) is 17.3. The Balaban J connectivity index is 1.54. The number of hydrogen-bond acceptors (Lipinski definition) is 3. The maximum atomic E-state index is 13.3. The molecule has 0 saturated carbocycles. The molecule has 10 heteroatoms. The highest BCUT2D eigenvalue weighted by atomic mass is 32.2. The number of halogens is 4. The van der Waals surface area contributed by atoms with Gasteiger partial charge in [0.15, 0.2) is 0 Å². The van der Waals surface area contributed by atoms with E-state index in [0.29, 0.717) is 29.5 Å². The van der Waals surface area contributed by atoms with Gasteiger partial charge in [0, 0.05) is 6.54 Å². The van der Waals surface area contributed by atoms with E-state index in [2.05, 4.69) is 5.32 Å². The second-order valence-electron chi connectivity index (χ2n) is 9.50. The summed E-state index contributed by atoms with van der Waals surface area (Å²) >= 11 is 0. The van der Waals surface area contributed by atoms with E-state index in [9.17, 15) is 30.8 Å². The van der Waals surface area contributed by atoms with Crippen molar-refractivity contribution in [3.8, 4) is 11.1 Å². The minimum absolute atomic E-state index is 0.0860. The summed E-state index contributed by atoms with van der Waals surface area (Å²) in [7, 11) is -4.00. The van der Waals surface area contributed by atoms with Crippen LogP contribution in [0.1, 0.15) is 37.8 Å². The molecule has 0 radical (unpaired) electrons. The molecule has 3 aromatic carbocycles. The fourth-order valence-electron chi connectivity index (χ4n) is 4.43. The number of benzene rings is 3. The third kappa shape index (κ3) is 5.70. The van der Waals surface area contributed by atoms with Gasteiger partial charge in [0.2, 0.25) is 15.9 Å². The highest BCUT2D eigenvalue weighted by Crippen LogP contribution is 2.33. The van der Waals surface area contributed by atoms with Crippen molar-refractivity contribution in [3.05, 3.63) is 89.7 Å². The van der Waals surface area contributed by atoms with Crippen LogP contribution in [-0.2, 0) is 26.5 Å². The fourth-order valence-corrected chi connectivity index (χ4v) is 6.09. The van der Waals surface area contributed by atoms with Gasteiger partial charge in [0.05, 0.1) is 16.0 Å². The minimum atomic E-state index is -4.43. The van der Waals surface area contributed by atoms with Gasteiger partial charge in [-0.05, 0) is 85.8 Å². The molecule has 1 fully saturated rings. The number of rotatable bonds is 6.